The number of rotatable bonds is 13. The lowest BCUT2D eigenvalue weighted by Crippen LogP contribution is -2.36. The molecule has 0 saturated heterocycles. The fourth-order valence-corrected chi connectivity index (χ4v) is 3.29. The van der Waals surface area contributed by atoms with Crippen molar-refractivity contribution in [3.05, 3.63) is 0 Å². The van der Waals surface area contributed by atoms with Gasteiger partial charge in [-0.3, -0.25) is 0 Å². The molecular weight excluding hydrogens is 250 g/mol. The van der Waals surface area contributed by atoms with Gasteiger partial charge in [0.15, 0.2) is 0 Å². The first-order valence-corrected chi connectivity index (χ1v) is 9.54. The summed E-state index contributed by atoms with van der Waals surface area (Å²) < 4.78 is 0. The molecule has 0 rings (SSSR count). The molecule has 0 spiro atoms. The summed E-state index contributed by atoms with van der Waals surface area (Å²) in [4.78, 5) is 0. The maximum Gasteiger partial charge on any atom is 0.000782 e. The van der Waals surface area contributed by atoms with Gasteiger partial charge in [-0.25, -0.2) is 0 Å². The monoisotopic (exact) mass is 287 g/mol. The fourth-order valence-electron chi connectivity index (χ4n) is 2.65. The summed E-state index contributed by atoms with van der Waals surface area (Å²) in [6, 6.07) is 0. The fraction of sp³-hybridized carbons (Fsp3) is 1.00. The highest BCUT2D eigenvalue weighted by Crippen LogP contribution is 2.34. The minimum atomic E-state index is 0.555. The lowest BCUT2D eigenvalue weighted by Gasteiger charge is -2.34. The molecule has 0 fully saturated rings. The third-order valence-corrected chi connectivity index (χ3v) is 5.05. The van der Waals surface area contributed by atoms with Crippen molar-refractivity contribution in [3.8, 4) is 0 Å². The van der Waals surface area contributed by atoms with Crippen LogP contribution in [0, 0.1) is 11.3 Å². The van der Waals surface area contributed by atoms with Crippen molar-refractivity contribution < 1.29 is 0 Å². The summed E-state index contributed by atoms with van der Waals surface area (Å²) in [7, 11) is 0. The van der Waals surface area contributed by atoms with Crippen molar-refractivity contribution >= 4 is 11.8 Å². The summed E-state index contributed by atoms with van der Waals surface area (Å²) >= 11 is 2.09. The van der Waals surface area contributed by atoms with E-state index in [0.29, 0.717) is 5.41 Å². The molecule has 0 aliphatic heterocycles. The van der Waals surface area contributed by atoms with E-state index in [9.17, 15) is 0 Å². The first-order chi connectivity index (χ1) is 9.10. The third kappa shape index (κ3) is 9.79. The largest absolute Gasteiger partial charge is 0.316 e. The second-order valence-electron chi connectivity index (χ2n) is 6.28. The molecule has 0 radical (unpaired) electrons. The van der Waals surface area contributed by atoms with E-state index in [2.05, 4.69) is 51.7 Å². The van der Waals surface area contributed by atoms with Crippen LogP contribution >= 0.6 is 11.8 Å². The maximum absolute atomic E-state index is 3.72. The highest BCUT2D eigenvalue weighted by molar-refractivity contribution is 7.99. The summed E-state index contributed by atoms with van der Waals surface area (Å²) in [5.74, 6) is 3.37. The van der Waals surface area contributed by atoms with Crippen LogP contribution in [0.5, 0.6) is 0 Å². The molecule has 0 aromatic carbocycles. The Morgan fingerprint density at radius 1 is 1.05 bits per heavy atom. The van der Waals surface area contributed by atoms with E-state index in [-0.39, 0.29) is 0 Å². The second kappa shape index (κ2) is 12.1. The second-order valence-corrected chi connectivity index (χ2v) is 7.68. The van der Waals surface area contributed by atoms with E-state index in [1.165, 1.54) is 56.6 Å². The molecule has 1 atom stereocenters. The zero-order valence-electron chi connectivity index (χ0n) is 14.1. The number of thioether (sulfide) groups is 1. The summed E-state index contributed by atoms with van der Waals surface area (Å²) in [6.07, 6.45) is 8.24. The van der Waals surface area contributed by atoms with Gasteiger partial charge in [0.2, 0.25) is 0 Å². The molecule has 2 heteroatoms. The highest BCUT2D eigenvalue weighted by atomic mass is 32.2. The molecule has 19 heavy (non-hydrogen) atoms. The third-order valence-electron chi connectivity index (χ3n) is 4.06. The van der Waals surface area contributed by atoms with E-state index in [1.54, 1.807) is 0 Å². The van der Waals surface area contributed by atoms with E-state index in [1.807, 2.05) is 0 Å². The molecular formula is C17H37NS. The van der Waals surface area contributed by atoms with Crippen LogP contribution < -0.4 is 5.32 Å². The molecule has 0 aliphatic carbocycles. The SMILES string of the molecule is CCCCC(CC)(CCCSCC)CNCC(C)C. The quantitative estimate of drug-likeness (QED) is 0.458. The Hall–Kier alpha value is 0.310. The van der Waals surface area contributed by atoms with Gasteiger partial charge in [0.1, 0.15) is 0 Å². The van der Waals surface area contributed by atoms with Crippen LogP contribution in [0.1, 0.15) is 73.1 Å². The van der Waals surface area contributed by atoms with Gasteiger partial charge < -0.3 is 5.32 Å². The minimum absolute atomic E-state index is 0.555. The van der Waals surface area contributed by atoms with Crippen LogP contribution in [0.25, 0.3) is 0 Å². The Kier molecular flexibility index (Phi) is 12.3. The standard InChI is InChI=1S/C17H37NS/c1-6-9-11-17(7-2,12-10-13-19-8-3)15-18-14-16(4)5/h16,18H,6-15H2,1-5H3. The average molecular weight is 288 g/mol. The molecule has 0 amide bonds. The van der Waals surface area contributed by atoms with Crippen LogP contribution in [-0.2, 0) is 0 Å². The molecule has 116 valence electrons. The predicted octanol–water partition coefficient (Wildman–Crippen LogP) is 5.35. The van der Waals surface area contributed by atoms with Crippen LogP contribution in [0.15, 0.2) is 0 Å². The van der Waals surface area contributed by atoms with Crippen molar-refractivity contribution in [2.24, 2.45) is 11.3 Å². The number of nitrogens with one attached hydrogen (secondary N) is 1. The topological polar surface area (TPSA) is 12.0 Å². The zero-order valence-corrected chi connectivity index (χ0v) is 14.9. The number of hydrogen-bond donors (Lipinski definition) is 1. The van der Waals surface area contributed by atoms with Crippen LogP contribution in [0.4, 0.5) is 0 Å². The molecule has 0 aromatic heterocycles. The Bertz CT molecular complexity index is 194. The Labute approximate surface area is 126 Å². The van der Waals surface area contributed by atoms with Crippen LogP contribution in [0.3, 0.4) is 0 Å². The molecule has 1 unspecified atom stereocenters. The van der Waals surface area contributed by atoms with Gasteiger partial charge in [0.05, 0.1) is 0 Å². The summed E-state index contributed by atoms with van der Waals surface area (Å²) in [5, 5.41) is 3.72. The van der Waals surface area contributed by atoms with Gasteiger partial charge in [0, 0.05) is 6.54 Å². The van der Waals surface area contributed by atoms with Gasteiger partial charge in [-0.05, 0) is 55.1 Å². The molecule has 1 nitrogen and oxygen atoms in total. The Morgan fingerprint density at radius 2 is 1.74 bits per heavy atom. The lowest BCUT2D eigenvalue weighted by atomic mass is 9.76. The molecule has 0 aromatic rings. The predicted molar refractivity (Wildman–Crippen MR) is 92.2 cm³/mol. The van der Waals surface area contributed by atoms with Crippen LogP contribution in [0.2, 0.25) is 0 Å². The van der Waals surface area contributed by atoms with E-state index in [0.717, 1.165) is 12.5 Å². The van der Waals surface area contributed by atoms with E-state index >= 15 is 0 Å². The molecule has 0 saturated carbocycles. The number of hydrogen-bond acceptors (Lipinski definition) is 2. The first-order valence-electron chi connectivity index (χ1n) is 8.38. The first kappa shape index (κ1) is 19.3. The molecule has 1 N–H and O–H groups in total. The highest BCUT2D eigenvalue weighted by Gasteiger charge is 2.26. The Morgan fingerprint density at radius 3 is 2.26 bits per heavy atom. The Balaban J connectivity index is 4.23. The van der Waals surface area contributed by atoms with Gasteiger partial charge in [0.25, 0.3) is 0 Å². The lowest BCUT2D eigenvalue weighted by molar-refractivity contribution is 0.208. The van der Waals surface area contributed by atoms with Crippen molar-refractivity contribution in [2.75, 3.05) is 24.6 Å². The van der Waals surface area contributed by atoms with Gasteiger partial charge in [-0.2, -0.15) is 11.8 Å². The van der Waals surface area contributed by atoms with Crippen molar-refractivity contribution in [3.63, 3.8) is 0 Å². The van der Waals surface area contributed by atoms with Crippen molar-refractivity contribution in [1.82, 2.24) is 5.32 Å². The summed E-state index contributed by atoms with van der Waals surface area (Å²) in [5.41, 5.74) is 0.555. The smallest absolute Gasteiger partial charge is 0.000782 e. The minimum Gasteiger partial charge on any atom is -0.316 e. The molecule has 0 bridgehead atoms. The molecule has 0 aliphatic rings. The van der Waals surface area contributed by atoms with Gasteiger partial charge in [-0.15, -0.1) is 0 Å². The molecule has 0 heterocycles. The van der Waals surface area contributed by atoms with E-state index in [4.69, 9.17) is 0 Å². The van der Waals surface area contributed by atoms with Gasteiger partial charge >= 0.3 is 0 Å². The van der Waals surface area contributed by atoms with Crippen molar-refractivity contribution in [1.29, 1.82) is 0 Å². The van der Waals surface area contributed by atoms with Crippen molar-refractivity contribution in [2.45, 2.75) is 73.1 Å². The normalized spacial score (nSPS) is 14.8. The summed E-state index contributed by atoms with van der Waals surface area (Å²) in [6.45, 7) is 13.9. The maximum atomic E-state index is 3.72. The average Bonchev–Trinajstić information content (AvgIpc) is 2.40. The van der Waals surface area contributed by atoms with Gasteiger partial charge in [-0.1, -0.05) is 47.5 Å². The zero-order chi connectivity index (χ0) is 14.6. The number of unbranched alkanes of at least 4 members (excludes halogenated alkanes) is 1. The van der Waals surface area contributed by atoms with E-state index < -0.39 is 0 Å². The van der Waals surface area contributed by atoms with Crippen LogP contribution in [-0.4, -0.2) is 24.6 Å².